The molecule has 1 rings (SSSR count). The summed E-state index contributed by atoms with van der Waals surface area (Å²) in [5.41, 5.74) is 0.570. The van der Waals surface area contributed by atoms with Crippen LogP contribution in [0, 0.1) is 9.49 Å². The summed E-state index contributed by atoms with van der Waals surface area (Å²) in [6.45, 7) is 3.99. The van der Waals surface area contributed by atoms with Crippen molar-refractivity contribution in [2.75, 3.05) is 7.11 Å². The minimum Gasteiger partial charge on any atom is -0.467 e. The van der Waals surface area contributed by atoms with Crippen molar-refractivity contribution in [1.82, 2.24) is 5.32 Å². The molecule has 1 aromatic rings. The molecule has 0 aromatic heterocycles. The molecule has 1 amide bonds. The van der Waals surface area contributed by atoms with E-state index in [0.717, 1.165) is 3.57 Å². The van der Waals surface area contributed by atoms with Gasteiger partial charge in [0.25, 0.3) is 5.91 Å². The highest BCUT2D eigenvalue weighted by atomic mass is 127. The van der Waals surface area contributed by atoms with Crippen LogP contribution in [0.5, 0.6) is 0 Å². The van der Waals surface area contributed by atoms with Gasteiger partial charge in [-0.25, -0.2) is 4.79 Å². The van der Waals surface area contributed by atoms with Gasteiger partial charge in [0.2, 0.25) is 0 Å². The van der Waals surface area contributed by atoms with E-state index in [2.05, 4.69) is 27.9 Å². The van der Waals surface area contributed by atoms with Crippen LogP contribution in [0.3, 0.4) is 0 Å². The molecule has 5 heteroatoms. The third-order valence-electron chi connectivity index (χ3n) is 2.62. The van der Waals surface area contributed by atoms with Gasteiger partial charge in [-0.3, -0.25) is 4.79 Å². The van der Waals surface area contributed by atoms with Crippen molar-refractivity contribution in [2.24, 2.45) is 5.92 Å². The van der Waals surface area contributed by atoms with Crippen LogP contribution in [0.1, 0.15) is 30.6 Å². The van der Waals surface area contributed by atoms with E-state index >= 15 is 0 Å². The summed E-state index contributed by atoms with van der Waals surface area (Å²) >= 11 is 2.10. The number of amides is 1. The molecule has 0 unspecified atom stereocenters. The Bertz CT molecular complexity index is 460. The van der Waals surface area contributed by atoms with E-state index in [0.29, 0.717) is 17.9 Å². The van der Waals surface area contributed by atoms with E-state index in [1.165, 1.54) is 7.11 Å². The molecule has 0 fully saturated rings. The summed E-state index contributed by atoms with van der Waals surface area (Å²) < 4.78 is 5.58. The highest BCUT2D eigenvalue weighted by molar-refractivity contribution is 14.1. The number of benzene rings is 1. The summed E-state index contributed by atoms with van der Waals surface area (Å²) in [6.07, 6.45) is 0.557. The lowest BCUT2D eigenvalue weighted by Gasteiger charge is -2.18. The second kappa shape index (κ2) is 7.47. The van der Waals surface area contributed by atoms with Gasteiger partial charge in [0, 0.05) is 3.57 Å². The minimum atomic E-state index is -0.603. The zero-order valence-corrected chi connectivity index (χ0v) is 13.4. The predicted molar refractivity (Wildman–Crippen MR) is 81.9 cm³/mol. The third kappa shape index (κ3) is 4.81. The summed E-state index contributed by atoms with van der Waals surface area (Å²) in [4.78, 5) is 23.8. The van der Waals surface area contributed by atoms with Crippen LogP contribution in [-0.4, -0.2) is 25.0 Å². The molecule has 0 saturated carbocycles. The van der Waals surface area contributed by atoms with E-state index < -0.39 is 12.0 Å². The molecule has 104 valence electrons. The van der Waals surface area contributed by atoms with E-state index in [1.54, 1.807) is 12.1 Å². The van der Waals surface area contributed by atoms with Crippen molar-refractivity contribution in [3.63, 3.8) is 0 Å². The second-order valence-electron chi connectivity index (χ2n) is 4.66. The van der Waals surface area contributed by atoms with Gasteiger partial charge in [0.1, 0.15) is 6.04 Å². The standard InChI is InChI=1S/C14H18INO3/c1-9(2)8-12(14(18)19-3)16-13(17)10-6-4-5-7-11(10)15/h4-7,9,12H,8H2,1-3H3,(H,16,17)/t12-/m0/s1. The van der Waals surface area contributed by atoms with Crippen LogP contribution in [0.2, 0.25) is 0 Å². The molecule has 1 atom stereocenters. The lowest BCUT2D eigenvalue weighted by atomic mass is 10.0. The Kier molecular flexibility index (Phi) is 6.27. The molecule has 4 nitrogen and oxygen atoms in total. The minimum absolute atomic E-state index is 0.249. The van der Waals surface area contributed by atoms with Crippen molar-refractivity contribution < 1.29 is 14.3 Å². The number of nitrogens with one attached hydrogen (secondary N) is 1. The molecule has 1 N–H and O–H groups in total. The van der Waals surface area contributed by atoms with Gasteiger partial charge in [0.15, 0.2) is 0 Å². The van der Waals surface area contributed by atoms with Crippen molar-refractivity contribution in [2.45, 2.75) is 26.3 Å². The number of hydrogen-bond donors (Lipinski definition) is 1. The molecular formula is C14H18INO3. The Morgan fingerprint density at radius 1 is 1.32 bits per heavy atom. The third-order valence-corrected chi connectivity index (χ3v) is 3.56. The van der Waals surface area contributed by atoms with Crippen molar-refractivity contribution >= 4 is 34.5 Å². The average molecular weight is 375 g/mol. The first-order valence-corrected chi connectivity index (χ1v) is 7.16. The predicted octanol–water partition coefficient (Wildman–Crippen LogP) is 2.61. The SMILES string of the molecule is COC(=O)[C@H](CC(C)C)NC(=O)c1ccccc1I. The Morgan fingerprint density at radius 2 is 1.95 bits per heavy atom. The Hall–Kier alpha value is -1.11. The zero-order valence-electron chi connectivity index (χ0n) is 11.3. The molecule has 0 aliphatic rings. The van der Waals surface area contributed by atoms with Crippen molar-refractivity contribution in [3.05, 3.63) is 33.4 Å². The van der Waals surface area contributed by atoms with Gasteiger partial charge < -0.3 is 10.1 Å². The van der Waals surface area contributed by atoms with Gasteiger partial charge >= 0.3 is 5.97 Å². The van der Waals surface area contributed by atoms with Crippen LogP contribution >= 0.6 is 22.6 Å². The number of carbonyl (C=O) groups excluding carboxylic acids is 2. The van der Waals surface area contributed by atoms with Crippen LogP contribution in [0.25, 0.3) is 0 Å². The molecule has 0 heterocycles. The molecule has 0 radical (unpaired) electrons. The molecule has 0 aliphatic heterocycles. The van der Waals surface area contributed by atoms with Gasteiger partial charge in [-0.1, -0.05) is 26.0 Å². The number of hydrogen-bond acceptors (Lipinski definition) is 3. The monoisotopic (exact) mass is 375 g/mol. The van der Waals surface area contributed by atoms with E-state index in [1.807, 2.05) is 26.0 Å². The lowest BCUT2D eigenvalue weighted by Crippen LogP contribution is -2.42. The Labute approximate surface area is 127 Å². The molecule has 19 heavy (non-hydrogen) atoms. The fourth-order valence-corrected chi connectivity index (χ4v) is 2.34. The number of methoxy groups -OCH3 is 1. The van der Waals surface area contributed by atoms with Crippen LogP contribution in [-0.2, 0) is 9.53 Å². The van der Waals surface area contributed by atoms with E-state index in [9.17, 15) is 9.59 Å². The summed E-state index contributed by atoms with van der Waals surface area (Å²) in [5.74, 6) is -0.367. The maximum atomic E-state index is 12.2. The number of esters is 1. The molecular weight excluding hydrogens is 357 g/mol. The van der Waals surface area contributed by atoms with Crippen LogP contribution < -0.4 is 5.32 Å². The molecule has 1 aromatic carbocycles. The van der Waals surface area contributed by atoms with Crippen molar-refractivity contribution in [1.29, 1.82) is 0 Å². The normalized spacial score (nSPS) is 12.1. The van der Waals surface area contributed by atoms with Crippen molar-refractivity contribution in [3.8, 4) is 0 Å². The molecule has 0 bridgehead atoms. The van der Waals surface area contributed by atoms with Gasteiger partial charge in [-0.15, -0.1) is 0 Å². The smallest absolute Gasteiger partial charge is 0.328 e. The lowest BCUT2D eigenvalue weighted by molar-refractivity contribution is -0.143. The number of rotatable bonds is 5. The van der Waals surface area contributed by atoms with Gasteiger partial charge in [-0.2, -0.15) is 0 Å². The Balaban J connectivity index is 2.82. The Morgan fingerprint density at radius 3 is 2.47 bits per heavy atom. The highest BCUT2D eigenvalue weighted by Gasteiger charge is 2.23. The number of halogens is 1. The quantitative estimate of drug-likeness (QED) is 0.636. The first-order chi connectivity index (χ1) is 8.95. The second-order valence-corrected chi connectivity index (χ2v) is 5.82. The first kappa shape index (κ1) is 15.9. The van der Waals surface area contributed by atoms with E-state index in [-0.39, 0.29) is 5.91 Å². The molecule has 0 spiro atoms. The molecule has 0 saturated heterocycles. The highest BCUT2D eigenvalue weighted by Crippen LogP contribution is 2.13. The topological polar surface area (TPSA) is 55.4 Å². The summed E-state index contributed by atoms with van der Waals surface area (Å²) in [7, 11) is 1.33. The fourth-order valence-electron chi connectivity index (χ4n) is 1.71. The zero-order chi connectivity index (χ0) is 14.4. The number of carbonyl (C=O) groups is 2. The van der Waals surface area contributed by atoms with E-state index in [4.69, 9.17) is 4.74 Å². The maximum Gasteiger partial charge on any atom is 0.328 e. The van der Waals surface area contributed by atoms with Crippen LogP contribution in [0.4, 0.5) is 0 Å². The number of ether oxygens (including phenoxy) is 1. The average Bonchev–Trinajstić information content (AvgIpc) is 2.36. The molecule has 0 aliphatic carbocycles. The van der Waals surface area contributed by atoms with Crippen LogP contribution in [0.15, 0.2) is 24.3 Å². The van der Waals surface area contributed by atoms with Gasteiger partial charge in [0.05, 0.1) is 12.7 Å². The summed E-state index contributed by atoms with van der Waals surface area (Å²) in [5, 5.41) is 2.74. The largest absolute Gasteiger partial charge is 0.467 e. The maximum absolute atomic E-state index is 12.2. The fraction of sp³-hybridized carbons (Fsp3) is 0.429. The first-order valence-electron chi connectivity index (χ1n) is 6.09. The van der Waals surface area contributed by atoms with Gasteiger partial charge in [-0.05, 0) is 47.1 Å². The summed E-state index contributed by atoms with van der Waals surface area (Å²) in [6, 6.07) is 6.65.